The van der Waals surface area contributed by atoms with Crippen LogP contribution in [0.5, 0.6) is 0 Å². The van der Waals surface area contributed by atoms with Crippen LogP contribution in [-0.2, 0) is 0 Å². The molecule has 1 N–H and O–H groups in total. The van der Waals surface area contributed by atoms with Crippen LogP contribution in [0, 0.1) is 20.8 Å². The molecule has 0 heterocycles. The molecule has 0 unspecified atom stereocenters. The zero-order valence-electron chi connectivity index (χ0n) is 12.0. The Morgan fingerprint density at radius 2 is 1.80 bits per heavy atom. The summed E-state index contributed by atoms with van der Waals surface area (Å²) in [6.07, 6.45) is 1.67. The summed E-state index contributed by atoms with van der Waals surface area (Å²) in [4.78, 5) is 11.9. The molecule has 0 bridgehead atoms. The molecule has 0 radical (unpaired) electrons. The molecular weight excluding hydrogens is 248 g/mol. The number of carbonyl (C=O) groups excluding carboxylic acids is 1. The van der Waals surface area contributed by atoms with Gasteiger partial charge in [0.15, 0.2) is 0 Å². The van der Waals surface area contributed by atoms with Crippen molar-refractivity contribution in [1.29, 1.82) is 0 Å². The first kappa shape index (κ1) is 14.0. The van der Waals surface area contributed by atoms with Crippen LogP contribution in [0.2, 0.25) is 0 Å². The summed E-state index contributed by atoms with van der Waals surface area (Å²) in [6, 6.07) is 13.5. The Balaban J connectivity index is 2.04. The average molecular weight is 266 g/mol. The van der Waals surface area contributed by atoms with Crippen molar-refractivity contribution in [2.24, 2.45) is 5.10 Å². The van der Waals surface area contributed by atoms with Gasteiger partial charge in [-0.3, -0.25) is 4.79 Å². The number of hydrazone groups is 1. The second-order valence-corrected chi connectivity index (χ2v) is 4.93. The number of benzene rings is 2. The number of nitrogens with zero attached hydrogens (tertiary/aromatic N) is 1. The summed E-state index contributed by atoms with van der Waals surface area (Å²) >= 11 is 0. The van der Waals surface area contributed by atoms with E-state index < -0.39 is 0 Å². The summed E-state index contributed by atoms with van der Waals surface area (Å²) < 4.78 is 0. The van der Waals surface area contributed by atoms with Gasteiger partial charge in [0.1, 0.15) is 0 Å². The van der Waals surface area contributed by atoms with Crippen LogP contribution in [0.15, 0.2) is 47.6 Å². The second kappa shape index (κ2) is 6.15. The molecule has 0 aliphatic rings. The maximum atomic E-state index is 11.9. The highest BCUT2D eigenvalue weighted by Gasteiger charge is 2.03. The van der Waals surface area contributed by atoms with Crippen LogP contribution in [0.3, 0.4) is 0 Å². The topological polar surface area (TPSA) is 41.5 Å². The Labute approximate surface area is 119 Å². The van der Waals surface area contributed by atoms with Gasteiger partial charge in [0.2, 0.25) is 0 Å². The van der Waals surface area contributed by atoms with Gasteiger partial charge < -0.3 is 0 Å². The van der Waals surface area contributed by atoms with Gasteiger partial charge in [0, 0.05) is 5.56 Å². The van der Waals surface area contributed by atoms with Crippen LogP contribution >= 0.6 is 0 Å². The number of nitrogens with one attached hydrogen (secondary N) is 1. The van der Waals surface area contributed by atoms with E-state index in [9.17, 15) is 4.79 Å². The zero-order valence-corrected chi connectivity index (χ0v) is 12.0. The summed E-state index contributed by atoms with van der Waals surface area (Å²) in [7, 11) is 0. The van der Waals surface area contributed by atoms with Crippen LogP contribution in [0.25, 0.3) is 0 Å². The van der Waals surface area contributed by atoms with Gasteiger partial charge in [0.25, 0.3) is 5.91 Å². The number of carbonyl (C=O) groups is 1. The summed E-state index contributed by atoms with van der Waals surface area (Å²) in [5, 5.41) is 4.01. The molecular formula is C17H18N2O. The van der Waals surface area contributed by atoms with Gasteiger partial charge in [-0.15, -0.1) is 0 Å². The molecule has 3 nitrogen and oxygen atoms in total. The van der Waals surface area contributed by atoms with Crippen molar-refractivity contribution < 1.29 is 4.79 Å². The SMILES string of the molecule is Cc1cccc(C(=O)N/N=C/c2ccc(C)cc2C)c1. The van der Waals surface area contributed by atoms with E-state index in [1.54, 1.807) is 12.3 Å². The number of aryl methyl sites for hydroxylation is 3. The fourth-order valence-corrected chi connectivity index (χ4v) is 1.98. The van der Waals surface area contributed by atoms with Gasteiger partial charge >= 0.3 is 0 Å². The smallest absolute Gasteiger partial charge is 0.267 e. The lowest BCUT2D eigenvalue weighted by Gasteiger charge is -2.02. The molecule has 20 heavy (non-hydrogen) atoms. The van der Waals surface area contributed by atoms with Gasteiger partial charge in [-0.25, -0.2) is 5.43 Å². The molecule has 2 aromatic carbocycles. The van der Waals surface area contributed by atoms with Crippen molar-refractivity contribution in [1.82, 2.24) is 5.43 Å². The van der Waals surface area contributed by atoms with Gasteiger partial charge in [-0.2, -0.15) is 5.10 Å². The molecule has 0 aliphatic heterocycles. The van der Waals surface area contributed by atoms with Crippen molar-refractivity contribution in [2.75, 3.05) is 0 Å². The quantitative estimate of drug-likeness (QED) is 0.671. The lowest BCUT2D eigenvalue weighted by atomic mass is 10.1. The minimum Gasteiger partial charge on any atom is -0.267 e. The van der Waals surface area contributed by atoms with E-state index in [4.69, 9.17) is 0 Å². The first-order chi connectivity index (χ1) is 9.56. The Hall–Kier alpha value is -2.42. The highest BCUT2D eigenvalue weighted by Crippen LogP contribution is 2.08. The fourth-order valence-electron chi connectivity index (χ4n) is 1.98. The van der Waals surface area contributed by atoms with Crippen molar-refractivity contribution in [3.05, 3.63) is 70.3 Å². The van der Waals surface area contributed by atoms with E-state index in [0.717, 1.165) is 16.7 Å². The molecule has 0 atom stereocenters. The zero-order chi connectivity index (χ0) is 14.5. The average Bonchev–Trinajstić information content (AvgIpc) is 2.41. The summed E-state index contributed by atoms with van der Waals surface area (Å²) in [5.41, 5.74) is 7.56. The molecule has 0 saturated heterocycles. The number of hydrogen-bond acceptors (Lipinski definition) is 2. The molecule has 0 aliphatic carbocycles. The van der Waals surface area contributed by atoms with E-state index in [-0.39, 0.29) is 5.91 Å². The summed E-state index contributed by atoms with van der Waals surface area (Å²) in [6.45, 7) is 6.03. The number of amides is 1. The van der Waals surface area contributed by atoms with Crippen molar-refractivity contribution >= 4 is 12.1 Å². The molecule has 0 fully saturated rings. The molecule has 1 amide bonds. The molecule has 2 rings (SSSR count). The third kappa shape index (κ3) is 3.54. The van der Waals surface area contributed by atoms with E-state index in [2.05, 4.69) is 16.6 Å². The monoisotopic (exact) mass is 266 g/mol. The van der Waals surface area contributed by atoms with Crippen LogP contribution in [0.4, 0.5) is 0 Å². The van der Waals surface area contributed by atoms with Crippen LogP contribution in [-0.4, -0.2) is 12.1 Å². The van der Waals surface area contributed by atoms with E-state index in [1.165, 1.54) is 5.56 Å². The first-order valence-electron chi connectivity index (χ1n) is 6.53. The molecule has 3 heteroatoms. The summed E-state index contributed by atoms with van der Waals surface area (Å²) in [5.74, 6) is -0.199. The van der Waals surface area contributed by atoms with Crippen molar-refractivity contribution in [3.63, 3.8) is 0 Å². The van der Waals surface area contributed by atoms with Gasteiger partial charge in [0.05, 0.1) is 6.21 Å². The highest BCUT2D eigenvalue weighted by atomic mass is 16.2. The first-order valence-corrected chi connectivity index (χ1v) is 6.53. The Kier molecular flexibility index (Phi) is 4.31. The third-order valence-corrected chi connectivity index (χ3v) is 3.08. The van der Waals surface area contributed by atoms with Gasteiger partial charge in [-0.05, 0) is 44.0 Å². The third-order valence-electron chi connectivity index (χ3n) is 3.08. The lowest BCUT2D eigenvalue weighted by molar-refractivity contribution is 0.0955. The van der Waals surface area contributed by atoms with Crippen molar-refractivity contribution in [2.45, 2.75) is 20.8 Å². The van der Waals surface area contributed by atoms with E-state index in [1.807, 2.05) is 51.1 Å². The molecule has 0 saturated carbocycles. The Morgan fingerprint density at radius 1 is 1.05 bits per heavy atom. The largest absolute Gasteiger partial charge is 0.271 e. The fraction of sp³-hybridized carbons (Fsp3) is 0.176. The van der Waals surface area contributed by atoms with Crippen molar-refractivity contribution in [3.8, 4) is 0 Å². The number of hydrogen-bond donors (Lipinski definition) is 1. The molecule has 0 spiro atoms. The Bertz CT molecular complexity index is 660. The predicted octanol–water partition coefficient (Wildman–Crippen LogP) is 3.38. The molecule has 102 valence electrons. The standard InChI is InChI=1S/C17H18N2O/c1-12-5-4-6-15(10-12)17(20)19-18-11-16-8-7-13(2)9-14(16)3/h4-11H,1-3H3,(H,19,20)/b18-11+. The predicted molar refractivity (Wildman–Crippen MR) is 82.2 cm³/mol. The minimum absolute atomic E-state index is 0.199. The van der Waals surface area contributed by atoms with E-state index in [0.29, 0.717) is 5.56 Å². The molecule has 0 aromatic heterocycles. The minimum atomic E-state index is -0.199. The normalized spacial score (nSPS) is 10.8. The highest BCUT2D eigenvalue weighted by molar-refractivity contribution is 5.95. The molecule has 2 aromatic rings. The van der Waals surface area contributed by atoms with Gasteiger partial charge in [-0.1, -0.05) is 41.5 Å². The maximum absolute atomic E-state index is 11.9. The van der Waals surface area contributed by atoms with Crippen LogP contribution < -0.4 is 5.43 Å². The van der Waals surface area contributed by atoms with Crippen LogP contribution in [0.1, 0.15) is 32.6 Å². The number of rotatable bonds is 3. The maximum Gasteiger partial charge on any atom is 0.271 e. The Morgan fingerprint density at radius 3 is 2.50 bits per heavy atom. The van der Waals surface area contributed by atoms with E-state index >= 15 is 0 Å². The lowest BCUT2D eigenvalue weighted by Crippen LogP contribution is -2.17. The second-order valence-electron chi connectivity index (χ2n) is 4.93.